The molecule has 0 aliphatic heterocycles. The Kier molecular flexibility index (Phi) is 4.96. The van der Waals surface area contributed by atoms with Crippen LogP contribution in [0.1, 0.15) is 18.1 Å². The zero-order chi connectivity index (χ0) is 15.4. The Bertz CT molecular complexity index is 656. The van der Waals surface area contributed by atoms with Gasteiger partial charge in [-0.15, -0.1) is 0 Å². The van der Waals surface area contributed by atoms with Gasteiger partial charge in [-0.1, -0.05) is 12.1 Å². The minimum absolute atomic E-state index is 0.0955. The van der Waals surface area contributed by atoms with E-state index in [0.717, 1.165) is 22.5 Å². The molecule has 0 fully saturated rings. The predicted molar refractivity (Wildman–Crippen MR) is 86.9 cm³/mol. The molecule has 0 radical (unpaired) electrons. The third-order valence-corrected chi connectivity index (χ3v) is 3.63. The van der Waals surface area contributed by atoms with Crippen molar-refractivity contribution < 1.29 is 9.18 Å². The third-order valence-electron chi connectivity index (χ3n) is 3.02. The fraction of sp³-hybridized carbons (Fsp3) is 0.188. The van der Waals surface area contributed by atoms with Crippen molar-refractivity contribution >= 4 is 33.2 Å². The standard InChI is InChI=1S/C16H16BrFN2O/c1-10-7-14(17)15(18)8-16(10)19-9-12-3-5-13(6-4-12)20-11(2)21/h3-8,19H,9H2,1-2H3,(H,20,21). The highest BCUT2D eigenvalue weighted by atomic mass is 79.9. The normalized spacial score (nSPS) is 10.3. The summed E-state index contributed by atoms with van der Waals surface area (Å²) in [5, 5.41) is 5.92. The molecule has 0 heterocycles. The summed E-state index contributed by atoms with van der Waals surface area (Å²) in [4.78, 5) is 10.9. The molecule has 0 bridgehead atoms. The first-order chi connectivity index (χ1) is 9.95. The Morgan fingerprint density at radius 3 is 2.52 bits per heavy atom. The molecule has 0 spiro atoms. The minimum Gasteiger partial charge on any atom is -0.381 e. The van der Waals surface area contributed by atoms with Gasteiger partial charge in [-0.3, -0.25) is 4.79 Å². The number of rotatable bonds is 4. The molecule has 2 N–H and O–H groups in total. The van der Waals surface area contributed by atoms with Crippen LogP contribution in [0.5, 0.6) is 0 Å². The largest absolute Gasteiger partial charge is 0.381 e. The van der Waals surface area contributed by atoms with E-state index >= 15 is 0 Å². The number of carbonyl (C=O) groups is 1. The van der Waals surface area contributed by atoms with E-state index in [-0.39, 0.29) is 11.7 Å². The number of hydrogen-bond donors (Lipinski definition) is 2. The molecule has 0 aliphatic rings. The average molecular weight is 351 g/mol. The van der Waals surface area contributed by atoms with E-state index < -0.39 is 0 Å². The van der Waals surface area contributed by atoms with Crippen LogP contribution in [-0.4, -0.2) is 5.91 Å². The smallest absolute Gasteiger partial charge is 0.221 e. The van der Waals surface area contributed by atoms with E-state index in [1.807, 2.05) is 31.2 Å². The topological polar surface area (TPSA) is 41.1 Å². The minimum atomic E-state index is -0.288. The molecule has 0 atom stereocenters. The lowest BCUT2D eigenvalue weighted by molar-refractivity contribution is -0.114. The van der Waals surface area contributed by atoms with Crippen LogP contribution in [0.3, 0.4) is 0 Å². The van der Waals surface area contributed by atoms with E-state index in [0.29, 0.717) is 11.0 Å². The van der Waals surface area contributed by atoms with Crippen LogP contribution in [0, 0.1) is 12.7 Å². The summed E-state index contributed by atoms with van der Waals surface area (Å²) < 4.78 is 14.0. The van der Waals surface area contributed by atoms with Crippen LogP contribution in [-0.2, 0) is 11.3 Å². The SMILES string of the molecule is CC(=O)Nc1ccc(CNc2cc(F)c(Br)cc2C)cc1. The second-order valence-electron chi connectivity index (χ2n) is 4.81. The molecule has 2 aromatic rings. The highest BCUT2D eigenvalue weighted by Gasteiger charge is 2.05. The third kappa shape index (κ3) is 4.29. The molecule has 110 valence electrons. The summed E-state index contributed by atoms with van der Waals surface area (Å²) in [5.41, 5.74) is 3.55. The summed E-state index contributed by atoms with van der Waals surface area (Å²) >= 11 is 3.17. The second kappa shape index (κ2) is 6.72. The van der Waals surface area contributed by atoms with Gasteiger partial charge in [0.1, 0.15) is 5.82 Å². The Hall–Kier alpha value is -1.88. The van der Waals surface area contributed by atoms with Gasteiger partial charge in [0.25, 0.3) is 0 Å². The number of amides is 1. The lowest BCUT2D eigenvalue weighted by atomic mass is 10.1. The maximum Gasteiger partial charge on any atom is 0.221 e. The molecule has 0 saturated heterocycles. The van der Waals surface area contributed by atoms with Crippen LogP contribution in [0.15, 0.2) is 40.9 Å². The van der Waals surface area contributed by atoms with E-state index in [1.165, 1.54) is 13.0 Å². The Morgan fingerprint density at radius 1 is 1.24 bits per heavy atom. The van der Waals surface area contributed by atoms with Crippen LogP contribution in [0.2, 0.25) is 0 Å². The lowest BCUT2D eigenvalue weighted by Gasteiger charge is -2.11. The number of benzene rings is 2. The van der Waals surface area contributed by atoms with Crippen LogP contribution in [0.4, 0.5) is 15.8 Å². The summed E-state index contributed by atoms with van der Waals surface area (Å²) in [6.45, 7) is 3.98. The monoisotopic (exact) mass is 350 g/mol. The number of nitrogens with one attached hydrogen (secondary N) is 2. The van der Waals surface area contributed by atoms with Crippen molar-refractivity contribution in [2.24, 2.45) is 0 Å². The zero-order valence-corrected chi connectivity index (χ0v) is 13.4. The fourth-order valence-electron chi connectivity index (χ4n) is 1.94. The van der Waals surface area contributed by atoms with Crippen LogP contribution >= 0.6 is 15.9 Å². The van der Waals surface area contributed by atoms with E-state index in [1.54, 1.807) is 6.07 Å². The second-order valence-corrected chi connectivity index (χ2v) is 5.67. The van der Waals surface area contributed by atoms with Gasteiger partial charge in [-0.2, -0.15) is 0 Å². The summed E-state index contributed by atoms with van der Waals surface area (Å²) in [7, 11) is 0. The predicted octanol–water partition coefficient (Wildman–Crippen LogP) is 4.47. The van der Waals surface area contributed by atoms with Crippen molar-refractivity contribution in [3.8, 4) is 0 Å². The number of carbonyl (C=O) groups excluding carboxylic acids is 1. The molecule has 2 rings (SSSR count). The molecular weight excluding hydrogens is 335 g/mol. The van der Waals surface area contributed by atoms with Crippen molar-refractivity contribution in [2.75, 3.05) is 10.6 Å². The highest BCUT2D eigenvalue weighted by Crippen LogP contribution is 2.24. The molecular formula is C16H16BrFN2O. The average Bonchev–Trinajstić information content (AvgIpc) is 2.42. The van der Waals surface area contributed by atoms with Crippen molar-refractivity contribution in [1.29, 1.82) is 0 Å². The van der Waals surface area contributed by atoms with Gasteiger partial charge in [-0.05, 0) is 58.2 Å². The van der Waals surface area contributed by atoms with Crippen molar-refractivity contribution in [3.05, 3.63) is 57.8 Å². The first kappa shape index (κ1) is 15.5. The van der Waals surface area contributed by atoms with Gasteiger partial charge < -0.3 is 10.6 Å². The zero-order valence-electron chi connectivity index (χ0n) is 11.8. The molecule has 0 unspecified atom stereocenters. The first-order valence-electron chi connectivity index (χ1n) is 6.52. The Balaban J connectivity index is 2.03. The van der Waals surface area contributed by atoms with Crippen LogP contribution in [0.25, 0.3) is 0 Å². The first-order valence-corrected chi connectivity index (χ1v) is 7.31. The molecule has 3 nitrogen and oxygen atoms in total. The summed E-state index contributed by atoms with van der Waals surface area (Å²) in [6, 6.07) is 10.7. The highest BCUT2D eigenvalue weighted by molar-refractivity contribution is 9.10. The fourth-order valence-corrected chi connectivity index (χ4v) is 2.40. The van der Waals surface area contributed by atoms with E-state index in [9.17, 15) is 9.18 Å². The van der Waals surface area contributed by atoms with E-state index in [2.05, 4.69) is 26.6 Å². The quantitative estimate of drug-likeness (QED) is 0.854. The number of anilines is 2. The van der Waals surface area contributed by atoms with Crippen molar-refractivity contribution in [3.63, 3.8) is 0 Å². The number of aryl methyl sites for hydroxylation is 1. The van der Waals surface area contributed by atoms with Gasteiger partial charge in [0, 0.05) is 24.8 Å². The van der Waals surface area contributed by atoms with Crippen molar-refractivity contribution in [2.45, 2.75) is 20.4 Å². The van der Waals surface area contributed by atoms with Gasteiger partial charge in [-0.25, -0.2) is 4.39 Å². The van der Waals surface area contributed by atoms with Crippen LogP contribution < -0.4 is 10.6 Å². The van der Waals surface area contributed by atoms with Crippen molar-refractivity contribution in [1.82, 2.24) is 0 Å². The Labute approximate surface area is 131 Å². The summed E-state index contributed by atoms with van der Waals surface area (Å²) in [6.07, 6.45) is 0. The van der Waals surface area contributed by atoms with E-state index in [4.69, 9.17) is 0 Å². The molecule has 2 aromatic carbocycles. The Morgan fingerprint density at radius 2 is 1.90 bits per heavy atom. The molecule has 0 aliphatic carbocycles. The van der Waals surface area contributed by atoms with Gasteiger partial charge in [0.05, 0.1) is 4.47 Å². The van der Waals surface area contributed by atoms with Gasteiger partial charge >= 0.3 is 0 Å². The maximum atomic E-state index is 13.5. The van der Waals surface area contributed by atoms with Gasteiger partial charge in [0.2, 0.25) is 5.91 Å². The number of halogens is 2. The molecule has 1 amide bonds. The summed E-state index contributed by atoms with van der Waals surface area (Å²) in [5.74, 6) is -0.383. The molecule has 0 saturated carbocycles. The van der Waals surface area contributed by atoms with Gasteiger partial charge in [0.15, 0.2) is 0 Å². The number of hydrogen-bond acceptors (Lipinski definition) is 2. The molecule has 5 heteroatoms. The molecule has 0 aromatic heterocycles. The molecule has 21 heavy (non-hydrogen) atoms. The lowest BCUT2D eigenvalue weighted by Crippen LogP contribution is -2.06. The maximum absolute atomic E-state index is 13.5.